The van der Waals surface area contributed by atoms with Crippen LogP contribution in [0.4, 0.5) is 0 Å². The number of aryl methyl sites for hydroxylation is 1. The Morgan fingerprint density at radius 3 is 2.58 bits per heavy atom. The van der Waals surface area contributed by atoms with E-state index < -0.39 is 36.4 Å². The van der Waals surface area contributed by atoms with E-state index in [2.05, 4.69) is 25.3 Å². The number of hydrogen-bond acceptors (Lipinski definition) is 9. The van der Waals surface area contributed by atoms with Crippen LogP contribution in [0.5, 0.6) is 0 Å². The summed E-state index contributed by atoms with van der Waals surface area (Å²) in [5.41, 5.74) is 1.14. The summed E-state index contributed by atoms with van der Waals surface area (Å²) < 4.78 is 0. The standard InChI is InChI=1S/C16H22N6O7S.Bi.3H/c1-10-11(20-9-19-10)7-30-4-3-22(8-17)15(18-2)21-29-13(25)6-16(28,14(26)27)5-12(23)24;;;;/h9,28H,3-7H2,1-2H3,(H,18,21)(H,19,20)(H,23,24)(H,26,27);;;;. The fraction of sp³-hybridized carbons (Fsp3) is 0.500. The van der Waals surface area contributed by atoms with E-state index in [1.807, 2.05) is 13.1 Å². The molecule has 0 fully saturated rings. The van der Waals surface area contributed by atoms with Gasteiger partial charge in [0, 0.05) is 30.8 Å². The summed E-state index contributed by atoms with van der Waals surface area (Å²) >= 11 is 1.52. The number of carboxylic acid groups (broad SMARTS) is 2. The second-order valence-corrected chi connectivity index (χ2v) is 7.09. The van der Waals surface area contributed by atoms with Crippen LogP contribution in [0.3, 0.4) is 0 Å². The molecule has 13 nitrogen and oxygen atoms in total. The third-order valence-corrected chi connectivity index (χ3v) is 4.70. The van der Waals surface area contributed by atoms with Crippen LogP contribution in [-0.4, -0.2) is 105 Å². The van der Waals surface area contributed by atoms with Gasteiger partial charge in [-0.05, 0) is 6.92 Å². The van der Waals surface area contributed by atoms with Gasteiger partial charge in [0.2, 0.25) is 5.96 Å². The molecule has 0 saturated heterocycles. The summed E-state index contributed by atoms with van der Waals surface area (Å²) in [6, 6.07) is 0. The molecule has 0 aliphatic carbocycles. The van der Waals surface area contributed by atoms with Crippen LogP contribution in [0.2, 0.25) is 0 Å². The summed E-state index contributed by atoms with van der Waals surface area (Å²) in [4.78, 5) is 50.3. The number of carboxylic acids is 2. The molecule has 1 unspecified atom stereocenters. The van der Waals surface area contributed by atoms with Gasteiger partial charge in [-0.2, -0.15) is 22.5 Å². The number of carbonyl (C=O) groups excluding carboxylic acids is 1. The van der Waals surface area contributed by atoms with Crippen LogP contribution < -0.4 is 5.48 Å². The number of guanidine groups is 1. The Balaban J connectivity index is 0.00000900. The zero-order chi connectivity index (χ0) is 22.7. The predicted octanol–water partition coefficient (Wildman–Crippen LogP) is -1.74. The van der Waals surface area contributed by atoms with E-state index in [1.54, 1.807) is 6.33 Å². The van der Waals surface area contributed by atoms with Crippen molar-refractivity contribution in [2.75, 3.05) is 19.3 Å². The second kappa shape index (κ2) is 13.8. The molecule has 31 heavy (non-hydrogen) atoms. The molecule has 0 aliphatic rings. The zero-order valence-corrected chi connectivity index (χ0v) is 23.3. The number of nitrogens with zero attached hydrogens (tertiary/aromatic N) is 4. The van der Waals surface area contributed by atoms with Crippen molar-refractivity contribution in [3.8, 4) is 6.19 Å². The van der Waals surface area contributed by atoms with Gasteiger partial charge in [0.15, 0.2) is 11.8 Å². The molecular weight excluding hydrogens is 629 g/mol. The molecule has 0 aliphatic heterocycles. The molecule has 0 bridgehead atoms. The number of nitrogens with one attached hydrogen (secondary N) is 2. The molecule has 1 rings (SSSR count). The van der Waals surface area contributed by atoms with Crippen LogP contribution in [-0.2, 0) is 25.0 Å². The van der Waals surface area contributed by atoms with E-state index in [1.165, 1.54) is 18.8 Å². The quantitative estimate of drug-likeness (QED) is 0.0364. The van der Waals surface area contributed by atoms with Gasteiger partial charge in [-0.3, -0.25) is 9.79 Å². The van der Waals surface area contributed by atoms with E-state index in [0.717, 1.165) is 16.3 Å². The molecule has 0 radical (unpaired) electrons. The number of thioether (sulfide) groups is 1. The van der Waals surface area contributed by atoms with Gasteiger partial charge in [0.05, 0.1) is 24.9 Å². The molecule has 15 heteroatoms. The predicted molar refractivity (Wildman–Crippen MR) is 114 cm³/mol. The van der Waals surface area contributed by atoms with E-state index in [-0.39, 0.29) is 38.7 Å². The first-order valence-electron chi connectivity index (χ1n) is 8.46. The number of carbonyl (C=O) groups is 3. The van der Waals surface area contributed by atoms with Crippen LogP contribution in [0.25, 0.3) is 0 Å². The van der Waals surface area contributed by atoms with Crippen molar-refractivity contribution in [1.82, 2.24) is 20.3 Å². The summed E-state index contributed by atoms with van der Waals surface area (Å²) in [6.45, 7) is 2.12. The molecular formula is C16H25BiN6O7S. The van der Waals surface area contributed by atoms with Gasteiger partial charge < -0.3 is 25.1 Å². The van der Waals surface area contributed by atoms with Gasteiger partial charge >= 0.3 is 44.1 Å². The Hall–Kier alpha value is -2.43. The number of aromatic amines is 1. The summed E-state index contributed by atoms with van der Waals surface area (Å²) in [5, 5.41) is 36.8. The van der Waals surface area contributed by atoms with Crippen molar-refractivity contribution in [2.24, 2.45) is 4.99 Å². The molecule has 0 spiro atoms. The van der Waals surface area contributed by atoms with Gasteiger partial charge in [-0.15, -0.1) is 0 Å². The fourth-order valence-electron chi connectivity index (χ4n) is 2.12. The molecule has 0 saturated carbocycles. The minimum atomic E-state index is -2.83. The molecule has 5 N–H and O–H groups in total. The van der Waals surface area contributed by atoms with Crippen molar-refractivity contribution in [3.05, 3.63) is 17.7 Å². The summed E-state index contributed by atoms with van der Waals surface area (Å²) in [6.07, 6.45) is 1.15. The van der Waals surface area contributed by atoms with E-state index in [4.69, 9.17) is 10.2 Å². The number of nitriles is 1. The Kier molecular flexibility index (Phi) is 12.7. The number of hydroxylamine groups is 1. The van der Waals surface area contributed by atoms with Crippen molar-refractivity contribution in [2.45, 2.75) is 31.1 Å². The number of imidazole rings is 1. The molecule has 1 atom stereocenters. The molecule has 1 heterocycles. The molecule has 0 amide bonds. The van der Waals surface area contributed by atoms with Crippen LogP contribution in [0.15, 0.2) is 11.3 Å². The SMILES string of the molecule is CN=C(NOC(=O)CC(O)(CC(=O)O)C(=O)O)N(C#N)CCSCc1nc[nH]c1C.[BiH3]. The second-order valence-electron chi connectivity index (χ2n) is 5.99. The van der Waals surface area contributed by atoms with Gasteiger partial charge in [0.1, 0.15) is 0 Å². The third kappa shape index (κ3) is 9.50. The maximum absolute atomic E-state index is 11.8. The molecule has 1 aromatic heterocycles. The summed E-state index contributed by atoms with van der Waals surface area (Å²) in [7, 11) is 1.33. The normalized spacial score (nSPS) is 12.6. The zero-order valence-electron chi connectivity index (χ0n) is 17.0. The number of aromatic nitrogens is 2. The van der Waals surface area contributed by atoms with Crippen LogP contribution in [0.1, 0.15) is 24.2 Å². The number of aliphatic hydroxyl groups is 1. The third-order valence-electron chi connectivity index (χ3n) is 3.76. The first-order chi connectivity index (χ1) is 14.1. The Morgan fingerprint density at radius 2 is 2.10 bits per heavy atom. The van der Waals surface area contributed by atoms with Gasteiger partial charge in [-0.1, -0.05) is 0 Å². The number of H-pyrrole nitrogens is 1. The maximum atomic E-state index is 11.8. The number of rotatable bonds is 10. The molecule has 172 valence electrons. The minimum absolute atomic E-state index is 0. The van der Waals surface area contributed by atoms with Crippen molar-refractivity contribution >= 4 is 61.8 Å². The van der Waals surface area contributed by atoms with Crippen molar-refractivity contribution in [3.63, 3.8) is 0 Å². The van der Waals surface area contributed by atoms with Crippen LogP contribution in [0, 0.1) is 18.4 Å². The van der Waals surface area contributed by atoms with Gasteiger partial charge in [-0.25, -0.2) is 19.5 Å². The number of aliphatic imine (C=N–C) groups is 1. The Bertz CT molecular complexity index is 843. The van der Waals surface area contributed by atoms with Crippen molar-refractivity contribution < 1.29 is 34.5 Å². The topological polar surface area (TPSA) is 201 Å². The molecule has 0 aromatic carbocycles. The average Bonchev–Trinajstić information content (AvgIpc) is 3.07. The monoisotopic (exact) mass is 654 g/mol. The van der Waals surface area contributed by atoms with Gasteiger partial charge in [0.25, 0.3) is 0 Å². The Morgan fingerprint density at radius 1 is 1.42 bits per heavy atom. The first-order valence-corrected chi connectivity index (χ1v) is 9.62. The van der Waals surface area contributed by atoms with Crippen LogP contribution >= 0.6 is 11.8 Å². The fourth-order valence-corrected chi connectivity index (χ4v) is 3.06. The van der Waals surface area contributed by atoms with E-state index in [0.29, 0.717) is 11.5 Å². The average molecular weight is 654 g/mol. The van der Waals surface area contributed by atoms with E-state index in [9.17, 15) is 24.8 Å². The van der Waals surface area contributed by atoms with E-state index >= 15 is 0 Å². The van der Waals surface area contributed by atoms with Crippen molar-refractivity contribution in [1.29, 1.82) is 5.26 Å². The first kappa shape index (κ1) is 28.6. The number of aliphatic carboxylic acids is 2. The Labute approximate surface area is 201 Å². The summed E-state index contributed by atoms with van der Waals surface area (Å²) in [5.74, 6) is -3.70. The number of hydrogen-bond donors (Lipinski definition) is 5. The molecule has 1 aromatic rings.